The summed E-state index contributed by atoms with van der Waals surface area (Å²) in [5.74, 6) is -0.498. The summed E-state index contributed by atoms with van der Waals surface area (Å²) in [7, 11) is 1.27. The predicted molar refractivity (Wildman–Crippen MR) is 52.8 cm³/mol. The Bertz CT molecular complexity index is 367. The van der Waals surface area contributed by atoms with Crippen LogP contribution in [0.25, 0.3) is 0 Å². The van der Waals surface area contributed by atoms with E-state index in [1.165, 1.54) is 23.9 Å². The number of aliphatic hydroxyl groups is 1. The van der Waals surface area contributed by atoms with Gasteiger partial charge in [-0.1, -0.05) is 0 Å². The Hall–Kier alpha value is -1.62. The molecule has 1 aromatic rings. The van der Waals surface area contributed by atoms with Gasteiger partial charge in [-0.3, -0.25) is 4.79 Å². The van der Waals surface area contributed by atoms with E-state index in [0.717, 1.165) is 0 Å². The van der Waals surface area contributed by atoms with Gasteiger partial charge in [0.2, 0.25) is 0 Å². The monoisotopic (exact) mass is 211 g/mol. The average molecular weight is 211 g/mol. The van der Waals surface area contributed by atoms with E-state index in [1.807, 2.05) is 0 Å². The number of methoxy groups -OCH3 is 1. The Balaban J connectivity index is 3.00. The summed E-state index contributed by atoms with van der Waals surface area (Å²) < 4.78 is 6.04. The summed E-state index contributed by atoms with van der Waals surface area (Å²) in [4.78, 5) is 21.8. The lowest BCUT2D eigenvalue weighted by molar-refractivity contribution is 0.0600. The maximum absolute atomic E-state index is 11.2. The molecule has 1 aromatic heterocycles. The maximum Gasteiger partial charge on any atom is 0.339 e. The number of nitrogens with zero attached hydrogens (tertiary/aromatic N) is 1. The fraction of sp³-hybridized carbons (Fsp3) is 0.400. The number of aliphatic hydroxyl groups excluding tert-OH is 1. The zero-order valence-corrected chi connectivity index (χ0v) is 8.64. The van der Waals surface area contributed by atoms with Gasteiger partial charge in [-0.05, 0) is 13.0 Å². The van der Waals surface area contributed by atoms with Gasteiger partial charge in [-0.15, -0.1) is 0 Å². The highest BCUT2D eigenvalue weighted by Crippen LogP contribution is 2.09. The number of rotatable bonds is 4. The molecule has 15 heavy (non-hydrogen) atoms. The Kier molecular flexibility index (Phi) is 3.62. The first-order valence-corrected chi connectivity index (χ1v) is 4.50. The van der Waals surface area contributed by atoms with Crippen LogP contribution < -0.4 is 0 Å². The van der Waals surface area contributed by atoms with Gasteiger partial charge in [0.1, 0.15) is 0 Å². The van der Waals surface area contributed by atoms with E-state index in [1.54, 1.807) is 6.92 Å². The van der Waals surface area contributed by atoms with Crippen molar-refractivity contribution in [2.75, 3.05) is 7.11 Å². The first kappa shape index (κ1) is 11.5. The van der Waals surface area contributed by atoms with E-state index in [0.29, 0.717) is 17.5 Å². The minimum Gasteiger partial charge on any atom is -0.465 e. The molecular formula is C10H13NO4. The Morgan fingerprint density at radius 1 is 1.73 bits per heavy atom. The summed E-state index contributed by atoms with van der Waals surface area (Å²) in [5, 5.41) is 9.18. The van der Waals surface area contributed by atoms with Crippen LogP contribution in [0.4, 0.5) is 0 Å². The van der Waals surface area contributed by atoms with Crippen molar-refractivity contribution in [1.82, 2.24) is 4.57 Å². The number of aromatic nitrogens is 1. The number of carbonyl (C=O) groups excluding carboxylic acids is 2. The van der Waals surface area contributed by atoms with Crippen LogP contribution in [0, 0.1) is 0 Å². The van der Waals surface area contributed by atoms with Crippen LogP contribution in [0.15, 0.2) is 12.3 Å². The molecule has 0 aliphatic heterocycles. The van der Waals surface area contributed by atoms with Gasteiger partial charge >= 0.3 is 5.97 Å². The normalized spacial score (nSPS) is 12.2. The summed E-state index contributed by atoms with van der Waals surface area (Å²) in [6.45, 7) is 1.87. The molecule has 0 saturated heterocycles. The topological polar surface area (TPSA) is 68.5 Å². The second-order valence-corrected chi connectivity index (χ2v) is 3.26. The molecule has 0 aromatic carbocycles. The third-order valence-electron chi connectivity index (χ3n) is 1.93. The number of hydrogen-bond acceptors (Lipinski definition) is 4. The van der Waals surface area contributed by atoms with Gasteiger partial charge < -0.3 is 14.4 Å². The number of carbonyl (C=O) groups is 2. The van der Waals surface area contributed by atoms with Crippen LogP contribution in [0.5, 0.6) is 0 Å². The van der Waals surface area contributed by atoms with Gasteiger partial charge in [0.15, 0.2) is 6.29 Å². The van der Waals surface area contributed by atoms with Crippen molar-refractivity contribution in [2.24, 2.45) is 0 Å². The number of hydrogen-bond donors (Lipinski definition) is 1. The van der Waals surface area contributed by atoms with Crippen LogP contribution in [-0.2, 0) is 11.3 Å². The quantitative estimate of drug-likeness (QED) is 0.580. The van der Waals surface area contributed by atoms with Crippen molar-refractivity contribution in [3.63, 3.8) is 0 Å². The maximum atomic E-state index is 11.2. The molecule has 0 unspecified atom stereocenters. The Labute approximate surface area is 87.3 Å². The van der Waals surface area contributed by atoms with E-state index in [4.69, 9.17) is 0 Å². The molecule has 82 valence electrons. The van der Waals surface area contributed by atoms with Crippen LogP contribution in [-0.4, -0.2) is 35.1 Å². The van der Waals surface area contributed by atoms with Crippen LogP contribution in [0.2, 0.25) is 0 Å². The smallest absolute Gasteiger partial charge is 0.339 e. The molecule has 1 heterocycles. The minimum absolute atomic E-state index is 0.269. The lowest BCUT2D eigenvalue weighted by Crippen LogP contribution is -2.12. The van der Waals surface area contributed by atoms with Gasteiger partial charge in [0.05, 0.1) is 24.5 Å². The predicted octanol–water partition coefficient (Wildman–Crippen LogP) is 0.468. The number of esters is 1. The zero-order valence-electron chi connectivity index (χ0n) is 8.64. The summed E-state index contributed by atoms with van der Waals surface area (Å²) >= 11 is 0. The number of ether oxygens (including phenoxy) is 1. The lowest BCUT2D eigenvalue weighted by Gasteiger charge is -2.06. The third kappa shape index (κ3) is 2.66. The molecule has 1 atom stereocenters. The molecule has 5 heteroatoms. The molecule has 0 radical (unpaired) electrons. The van der Waals surface area contributed by atoms with Crippen molar-refractivity contribution in [2.45, 2.75) is 19.6 Å². The van der Waals surface area contributed by atoms with E-state index in [2.05, 4.69) is 4.74 Å². The largest absolute Gasteiger partial charge is 0.465 e. The second kappa shape index (κ2) is 4.75. The van der Waals surface area contributed by atoms with E-state index in [9.17, 15) is 14.7 Å². The molecule has 0 bridgehead atoms. The molecule has 1 N–H and O–H groups in total. The van der Waals surface area contributed by atoms with Gasteiger partial charge in [-0.2, -0.15) is 0 Å². The van der Waals surface area contributed by atoms with Crippen LogP contribution >= 0.6 is 0 Å². The minimum atomic E-state index is -0.582. The highest BCUT2D eigenvalue weighted by molar-refractivity contribution is 5.91. The summed E-state index contributed by atoms with van der Waals surface area (Å²) in [6, 6.07) is 1.43. The first-order chi connectivity index (χ1) is 7.08. The SMILES string of the molecule is COC(=O)c1cc(C=O)n(C[C@H](C)O)c1. The van der Waals surface area contributed by atoms with Crippen LogP contribution in [0.3, 0.4) is 0 Å². The van der Waals surface area contributed by atoms with Crippen molar-refractivity contribution >= 4 is 12.3 Å². The van der Waals surface area contributed by atoms with Crippen LogP contribution in [0.1, 0.15) is 27.8 Å². The third-order valence-corrected chi connectivity index (χ3v) is 1.93. The summed E-state index contributed by atoms with van der Waals surface area (Å²) in [6.07, 6.45) is 1.54. The molecular weight excluding hydrogens is 198 g/mol. The summed E-state index contributed by atoms with van der Waals surface area (Å²) in [5.41, 5.74) is 0.650. The van der Waals surface area contributed by atoms with E-state index >= 15 is 0 Å². The average Bonchev–Trinajstić information content (AvgIpc) is 2.59. The van der Waals surface area contributed by atoms with Gasteiger partial charge in [0.25, 0.3) is 0 Å². The van der Waals surface area contributed by atoms with Gasteiger partial charge in [0, 0.05) is 12.7 Å². The standard InChI is InChI=1S/C10H13NO4/c1-7(13)4-11-5-8(10(14)15-2)3-9(11)6-12/h3,5-7,13H,4H2,1-2H3/t7-/m0/s1. The fourth-order valence-electron chi connectivity index (χ4n) is 1.30. The molecule has 5 nitrogen and oxygen atoms in total. The van der Waals surface area contributed by atoms with E-state index in [-0.39, 0.29) is 6.54 Å². The molecule has 0 fully saturated rings. The molecule has 0 aliphatic carbocycles. The van der Waals surface area contributed by atoms with Crippen molar-refractivity contribution in [1.29, 1.82) is 0 Å². The van der Waals surface area contributed by atoms with Crippen molar-refractivity contribution in [3.05, 3.63) is 23.5 Å². The highest BCUT2D eigenvalue weighted by Gasteiger charge is 2.12. The van der Waals surface area contributed by atoms with Crippen molar-refractivity contribution < 1.29 is 19.4 Å². The molecule has 1 rings (SSSR count). The molecule has 0 amide bonds. The number of aldehydes is 1. The fourth-order valence-corrected chi connectivity index (χ4v) is 1.30. The van der Waals surface area contributed by atoms with Crippen molar-refractivity contribution in [3.8, 4) is 0 Å². The van der Waals surface area contributed by atoms with E-state index < -0.39 is 12.1 Å². The zero-order chi connectivity index (χ0) is 11.4. The molecule has 0 spiro atoms. The highest BCUT2D eigenvalue weighted by atomic mass is 16.5. The Morgan fingerprint density at radius 3 is 2.87 bits per heavy atom. The first-order valence-electron chi connectivity index (χ1n) is 4.50. The Morgan fingerprint density at radius 2 is 2.40 bits per heavy atom. The molecule has 0 saturated carbocycles. The molecule has 0 aliphatic rings. The van der Waals surface area contributed by atoms with Gasteiger partial charge in [-0.25, -0.2) is 4.79 Å². The lowest BCUT2D eigenvalue weighted by atomic mass is 10.3. The second-order valence-electron chi connectivity index (χ2n) is 3.26.